The molecular weight excluding hydrogens is 210 g/mol. The lowest BCUT2D eigenvalue weighted by atomic mass is 10.4. The van der Waals surface area contributed by atoms with Gasteiger partial charge in [0, 0.05) is 0 Å². The zero-order chi connectivity index (χ0) is 10.6. The van der Waals surface area contributed by atoms with Crippen molar-refractivity contribution in [3.63, 3.8) is 0 Å². The molecule has 0 aromatic carbocycles. The van der Waals surface area contributed by atoms with Crippen LogP contribution in [0.3, 0.4) is 0 Å². The van der Waals surface area contributed by atoms with Crippen LogP contribution in [-0.4, -0.2) is 34.4 Å². The molecule has 0 saturated heterocycles. The Morgan fingerprint density at radius 1 is 1.57 bits per heavy atom. The third kappa shape index (κ3) is 2.50. The Hall–Kier alpha value is -1.49. The second-order valence-corrected chi connectivity index (χ2v) is 2.73. The van der Waals surface area contributed by atoms with Gasteiger partial charge in [0.2, 0.25) is 0 Å². The molecule has 0 aliphatic carbocycles. The van der Waals surface area contributed by atoms with Crippen LogP contribution in [0.5, 0.6) is 0 Å². The van der Waals surface area contributed by atoms with E-state index in [9.17, 15) is 9.59 Å². The van der Waals surface area contributed by atoms with Gasteiger partial charge in [-0.05, 0) is 12.1 Å². The largest absolute Gasteiger partial charge is 0.480 e. The van der Waals surface area contributed by atoms with Crippen LogP contribution in [-0.2, 0) is 4.79 Å². The molecule has 0 atom stereocenters. The smallest absolute Gasteiger partial charge is 0.323 e. The second-order valence-electron chi connectivity index (χ2n) is 2.49. The van der Waals surface area contributed by atoms with Crippen molar-refractivity contribution in [3.05, 3.63) is 24.2 Å². The van der Waals surface area contributed by atoms with Crippen molar-refractivity contribution < 1.29 is 19.1 Å². The van der Waals surface area contributed by atoms with Crippen molar-refractivity contribution in [2.75, 3.05) is 12.5 Å². The van der Waals surface area contributed by atoms with Crippen LogP contribution in [0.15, 0.2) is 22.8 Å². The standard InChI is InChI=1S/C8H8ClNO4/c9-5-10(4-7(11)12)8(13)6-2-1-3-14-6/h1-3H,4-5H2,(H,11,12). The maximum absolute atomic E-state index is 11.5. The number of carbonyl (C=O) groups is 2. The van der Waals surface area contributed by atoms with Crippen LogP contribution >= 0.6 is 11.6 Å². The number of carboxylic acid groups (broad SMARTS) is 1. The molecule has 0 fully saturated rings. The summed E-state index contributed by atoms with van der Waals surface area (Å²) < 4.78 is 4.82. The first kappa shape index (κ1) is 10.6. The number of amides is 1. The van der Waals surface area contributed by atoms with Crippen molar-refractivity contribution in [2.45, 2.75) is 0 Å². The Bertz CT molecular complexity index is 322. The van der Waals surface area contributed by atoms with Crippen LogP contribution in [0.25, 0.3) is 0 Å². The Morgan fingerprint density at radius 2 is 2.29 bits per heavy atom. The van der Waals surface area contributed by atoms with Gasteiger partial charge < -0.3 is 14.4 Å². The first-order valence-electron chi connectivity index (χ1n) is 3.75. The molecule has 0 spiro atoms. The average molecular weight is 218 g/mol. The van der Waals surface area contributed by atoms with E-state index >= 15 is 0 Å². The molecule has 1 amide bonds. The Kier molecular flexibility index (Phi) is 3.53. The molecule has 6 heteroatoms. The zero-order valence-electron chi connectivity index (χ0n) is 7.14. The quantitative estimate of drug-likeness (QED) is 0.603. The fraction of sp³-hybridized carbons (Fsp3) is 0.250. The van der Waals surface area contributed by atoms with Crippen LogP contribution < -0.4 is 0 Å². The lowest BCUT2D eigenvalue weighted by Crippen LogP contribution is -2.34. The Balaban J connectivity index is 2.70. The van der Waals surface area contributed by atoms with Gasteiger partial charge in [-0.1, -0.05) is 0 Å². The first-order valence-corrected chi connectivity index (χ1v) is 4.29. The predicted octanol–water partition coefficient (Wildman–Crippen LogP) is 1.00. The topological polar surface area (TPSA) is 70.8 Å². The Labute approximate surface area is 84.9 Å². The second kappa shape index (κ2) is 4.66. The van der Waals surface area contributed by atoms with Gasteiger partial charge in [-0.25, -0.2) is 0 Å². The fourth-order valence-electron chi connectivity index (χ4n) is 0.888. The minimum atomic E-state index is -1.12. The fourth-order valence-corrected chi connectivity index (χ4v) is 1.08. The van der Waals surface area contributed by atoms with E-state index in [0.717, 1.165) is 4.90 Å². The molecular formula is C8H8ClNO4. The van der Waals surface area contributed by atoms with E-state index in [4.69, 9.17) is 21.1 Å². The number of alkyl halides is 1. The van der Waals surface area contributed by atoms with Gasteiger partial charge in [0.05, 0.1) is 12.3 Å². The minimum Gasteiger partial charge on any atom is -0.480 e. The molecule has 0 unspecified atom stereocenters. The molecule has 1 heterocycles. The van der Waals surface area contributed by atoms with Crippen molar-refractivity contribution in [2.24, 2.45) is 0 Å². The van der Waals surface area contributed by atoms with Crippen molar-refractivity contribution in [1.29, 1.82) is 0 Å². The monoisotopic (exact) mass is 217 g/mol. The van der Waals surface area contributed by atoms with Gasteiger partial charge >= 0.3 is 5.97 Å². The highest BCUT2D eigenvalue weighted by Crippen LogP contribution is 2.06. The molecule has 0 saturated carbocycles. The molecule has 0 aliphatic rings. The highest BCUT2D eigenvalue weighted by atomic mass is 35.5. The summed E-state index contributed by atoms with van der Waals surface area (Å²) >= 11 is 5.42. The van der Waals surface area contributed by atoms with Gasteiger partial charge in [-0.3, -0.25) is 9.59 Å². The molecule has 5 nitrogen and oxygen atoms in total. The van der Waals surface area contributed by atoms with E-state index in [1.165, 1.54) is 12.3 Å². The summed E-state index contributed by atoms with van der Waals surface area (Å²) in [4.78, 5) is 22.8. The van der Waals surface area contributed by atoms with E-state index in [1.807, 2.05) is 0 Å². The molecule has 14 heavy (non-hydrogen) atoms. The normalized spacial score (nSPS) is 9.79. The van der Waals surface area contributed by atoms with Crippen molar-refractivity contribution in [1.82, 2.24) is 4.90 Å². The number of halogens is 1. The summed E-state index contributed by atoms with van der Waals surface area (Å²) in [6, 6.07) is 2.80. The van der Waals surface area contributed by atoms with Crippen molar-refractivity contribution >= 4 is 23.5 Å². The van der Waals surface area contributed by atoms with Gasteiger partial charge in [0.1, 0.15) is 6.54 Å². The maximum Gasteiger partial charge on any atom is 0.323 e. The SMILES string of the molecule is O=C(O)CN(CCl)C(=O)c1ccco1. The summed E-state index contributed by atoms with van der Waals surface area (Å²) in [6.07, 6.45) is 1.33. The molecule has 1 N–H and O–H groups in total. The highest BCUT2D eigenvalue weighted by molar-refractivity contribution is 6.19. The Morgan fingerprint density at radius 3 is 2.71 bits per heavy atom. The number of nitrogens with zero attached hydrogens (tertiary/aromatic N) is 1. The van der Waals surface area contributed by atoms with Gasteiger partial charge in [0.25, 0.3) is 5.91 Å². The van der Waals surface area contributed by atoms with Crippen LogP contribution in [0.4, 0.5) is 0 Å². The maximum atomic E-state index is 11.5. The predicted molar refractivity (Wildman–Crippen MR) is 48.1 cm³/mol. The zero-order valence-corrected chi connectivity index (χ0v) is 7.90. The average Bonchev–Trinajstić information content (AvgIpc) is 2.65. The van der Waals surface area contributed by atoms with E-state index in [-0.39, 0.29) is 11.8 Å². The summed E-state index contributed by atoms with van der Waals surface area (Å²) in [5, 5.41) is 8.48. The lowest BCUT2D eigenvalue weighted by Gasteiger charge is -2.15. The first-order chi connectivity index (χ1) is 6.65. The minimum absolute atomic E-state index is 0.0758. The molecule has 0 aliphatic heterocycles. The number of hydrogen-bond donors (Lipinski definition) is 1. The van der Waals surface area contributed by atoms with E-state index in [1.54, 1.807) is 6.07 Å². The molecule has 0 bridgehead atoms. The van der Waals surface area contributed by atoms with Gasteiger partial charge in [-0.2, -0.15) is 0 Å². The molecule has 1 aromatic heterocycles. The number of furan rings is 1. The van der Waals surface area contributed by atoms with Crippen molar-refractivity contribution in [3.8, 4) is 0 Å². The lowest BCUT2D eigenvalue weighted by molar-refractivity contribution is -0.137. The summed E-state index contributed by atoms with van der Waals surface area (Å²) in [5.74, 6) is -1.58. The highest BCUT2D eigenvalue weighted by Gasteiger charge is 2.19. The number of carboxylic acids is 1. The van der Waals surface area contributed by atoms with Crippen LogP contribution in [0, 0.1) is 0 Å². The number of hydrogen-bond acceptors (Lipinski definition) is 3. The van der Waals surface area contributed by atoms with E-state index in [0.29, 0.717) is 0 Å². The summed E-state index contributed by atoms with van der Waals surface area (Å²) in [6.45, 7) is -0.441. The molecule has 1 aromatic rings. The summed E-state index contributed by atoms with van der Waals surface area (Å²) in [5.41, 5.74) is 0. The summed E-state index contributed by atoms with van der Waals surface area (Å²) in [7, 11) is 0. The number of rotatable bonds is 4. The van der Waals surface area contributed by atoms with E-state index in [2.05, 4.69) is 0 Å². The third-order valence-corrected chi connectivity index (χ3v) is 1.78. The van der Waals surface area contributed by atoms with E-state index < -0.39 is 18.4 Å². The molecule has 1 rings (SSSR count). The number of carbonyl (C=O) groups excluding carboxylic acids is 1. The third-order valence-electron chi connectivity index (χ3n) is 1.49. The van der Waals surface area contributed by atoms with Crippen LogP contribution in [0.2, 0.25) is 0 Å². The molecule has 0 radical (unpaired) electrons. The van der Waals surface area contributed by atoms with Gasteiger partial charge in [0.15, 0.2) is 5.76 Å². The van der Waals surface area contributed by atoms with Crippen LogP contribution in [0.1, 0.15) is 10.6 Å². The number of aliphatic carboxylic acids is 1. The van der Waals surface area contributed by atoms with Gasteiger partial charge in [-0.15, -0.1) is 11.6 Å². The molecule has 76 valence electrons.